The molecule has 0 saturated carbocycles. The number of aromatic nitrogens is 3. The fraction of sp³-hybridized carbons (Fsp3) is 0.286. The first-order valence-electron chi connectivity index (χ1n) is 6.99. The van der Waals surface area contributed by atoms with Crippen LogP contribution in [0.3, 0.4) is 0 Å². The molecule has 2 aromatic rings. The van der Waals surface area contributed by atoms with Crippen molar-refractivity contribution in [3.05, 3.63) is 42.4 Å². The van der Waals surface area contributed by atoms with Crippen LogP contribution in [0.25, 0.3) is 0 Å². The van der Waals surface area contributed by atoms with E-state index in [9.17, 15) is 0 Å². The number of hydrogen-bond donors (Lipinski definition) is 2. The minimum atomic E-state index is 0.0603. The Hall–Kier alpha value is -2.90. The van der Waals surface area contributed by atoms with E-state index in [1.165, 1.54) is 0 Å². The molecule has 8 nitrogen and oxygen atoms in total. The first kappa shape index (κ1) is 14.1. The second-order valence-electron chi connectivity index (χ2n) is 4.91. The Morgan fingerprint density at radius 2 is 1.73 bits per heavy atom. The molecule has 8 heteroatoms. The van der Waals surface area contributed by atoms with E-state index in [0.29, 0.717) is 5.56 Å². The van der Waals surface area contributed by atoms with Crippen LogP contribution in [0.2, 0.25) is 0 Å². The van der Waals surface area contributed by atoms with Gasteiger partial charge in [-0.15, -0.1) is 0 Å². The van der Waals surface area contributed by atoms with Gasteiger partial charge in [0.1, 0.15) is 5.82 Å². The molecule has 0 aromatic carbocycles. The van der Waals surface area contributed by atoms with Crippen molar-refractivity contribution in [3.63, 3.8) is 0 Å². The van der Waals surface area contributed by atoms with Gasteiger partial charge in [0.15, 0.2) is 5.84 Å². The lowest BCUT2D eigenvalue weighted by atomic mass is 10.2. The van der Waals surface area contributed by atoms with Gasteiger partial charge < -0.3 is 20.7 Å². The fourth-order valence-electron chi connectivity index (χ4n) is 2.37. The van der Waals surface area contributed by atoms with E-state index in [1.807, 2.05) is 12.1 Å². The number of amidine groups is 1. The first-order chi connectivity index (χ1) is 10.8. The zero-order valence-electron chi connectivity index (χ0n) is 12.0. The quantitative estimate of drug-likeness (QED) is 0.363. The predicted molar refractivity (Wildman–Crippen MR) is 83.2 cm³/mol. The summed E-state index contributed by atoms with van der Waals surface area (Å²) in [5.74, 6) is 1.70. The lowest BCUT2D eigenvalue weighted by Crippen LogP contribution is -2.47. The largest absolute Gasteiger partial charge is 0.409 e. The smallest absolute Gasteiger partial charge is 0.225 e. The van der Waals surface area contributed by atoms with Gasteiger partial charge in [-0.05, 0) is 18.2 Å². The number of pyridine rings is 1. The van der Waals surface area contributed by atoms with E-state index in [2.05, 4.69) is 29.9 Å². The van der Waals surface area contributed by atoms with Crippen LogP contribution in [0.4, 0.5) is 11.8 Å². The van der Waals surface area contributed by atoms with Crippen molar-refractivity contribution in [2.45, 2.75) is 0 Å². The molecule has 3 N–H and O–H groups in total. The average Bonchev–Trinajstić information content (AvgIpc) is 2.62. The number of hydrogen-bond acceptors (Lipinski definition) is 7. The Labute approximate surface area is 127 Å². The second kappa shape index (κ2) is 6.25. The van der Waals surface area contributed by atoms with Crippen molar-refractivity contribution in [2.24, 2.45) is 10.9 Å². The fourth-order valence-corrected chi connectivity index (χ4v) is 2.37. The lowest BCUT2D eigenvalue weighted by Gasteiger charge is -2.35. The second-order valence-corrected chi connectivity index (χ2v) is 4.91. The molecule has 3 rings (SSSR count). The van der Waals surface area contributed by atoms with E-state index < -0.39 is 0 Å². The van der Waals surface area contributed by atoms with Crippen molar-refractivity contribution in [1.82, 2.24) is 15.0 Å². The van der Waals surface area contributed by atoms with Gasteiger partial charge in [-0.2, -0.15) is 0 Å². The predicted octanol–water partition coefficient (Wildman–Crippen LogP) is 0.293. The molecule has 0 bridgehead atoms. The number of rotatable bonds is 3. The summed E-state index contributed by atoms with van der Waals surface area (Å²) < 4.78 is 0. The van der Waals surface area contributed by atoms with E-state index in [1.54, 1.807) is 24.7 Å². The normalized spacial score (nSPS) is 15.9. The van der Waals surface area contributed by atoms with Crippen LogP contribution in [-0.2, 0) is 0 Å². The van der Waals surface area contributed by atoms with Crippen LogP contribution in [0.15, 0.2) is 41.9 Å². The molecular formula is C14H17N7O. The van der Waals surface area contributed by atoms with E-state index in [-0.39, 0.29) is 5.84 Å². The van der Waals surface area contributed by atoms with E-state index >= 15 is 0 Å². The molecular weight excluding hydrogens is 282 g/mol. The maximum absolute atomic E-state index is 8.65. The molecule has 1 fully saturated rings. The summed E-state index contributed by atoms with van der Waals surface area (Å²) in [6, 6.07) is 5.48. The monoisotopic (exact) mass is 299 g/mol. The Bertz CT molecular complexity index is 636. The Morgan fingerprint density at radius 3 is 2.32 bits per heavy atom. The molecule has 2 aromatic heterocycles. The molecule has 0 radical (unpaired) electrons. The minimum absolute atomic E-state index is 0.0603. The molecule has 0 spiro atoms. The highest BCUT2D eigenvalue weighted by molar-refractivity contribution is 5.96. The molecule has 1 aliphatic heterocycles. The lowest BCUT2D eigenvalue weighted by molar-refractivity contribution is 0.318. The molecule has 22 heavy (non-hydrogen) atoms. The third kappa shape index (κ3) is 2.90. The topological polar surface area (TPSA) is 104 Å². The van der Waals surface area contributed by atoms with Gasteiger partial charge in [-0.3, -0.25) is 0 Å². The average molecular weight is 299 g/mol. The molecule has 3 heterocycles. The molecule has 0 unspecified atom stereocenters. The van der Waals surface area contributed by atoms with E-state index in [4.69, 9.17) is 10.9 Å². The van der Waals surface area contributed by atoms with Gasteiger partial charge in [0.2, 0.25) is 5.95 Å². The summed E-state index contributed by atoms with van der Waals surface area (Å²) in [4.78, 5) is 17.3. The van der Waals surface area contributed by atoms with Crippen LogP contribution < -0.4 is 15.5 Å². The van der Waals surface area contributed by atoms with Gasteiger partial charge in [-0.1, -0.05) is 5.16 Å². The molecule has 0 aliphatic carbocycles. The zero-order chi connectivity index (χ0) is 15.4. The molecule has 0 atom stereocenters. The van der Waals surface area contributed by atoms with Crippen LogP contribution in [-0.4, -0.2) is 52.2 Å². The standard InChI is InChI=1S/C14H17N7O/c15-13(19-22)11-2-3-12(18-10-11)20-6-8-21(9-7-20)14-16-4-1-5-17-14/h1-5,10,22H,6-9H2,(H2,15,19). The van der Waals surface area contributed by atoms with Gasteiger partial charge in [0.25, 0.3) is 0 Å². The third-order valence-corrected chi connectivity index (χ3v) is 3.59. The van der Waals surface area contributed by atoms with Crippen molar-refractivity contribution < 1.29 is 5.21 Å². The maximum Gasteiger partial charge on any atom is 0.225 e. The van der Waals surface area contributed by atoms with Gasteiger partial charge >= 0.3 is 0 Å². The SMILES string of the molecule is N/C(=N\O)c1ccc(N2CCN(c3ncccn3)CC2)nc1. The Kier molecular flexibility index (Phi) is 3.99. The zero-order valence-corrected chi connectivity index (χ0v) is 12.0. The van der Waals surface area contributed by atoms with Crippen LogP contribution in [0.1, 0.15) is 5.56 Å². The van der Waals surface area contributed by atoms with Crippen molar-refractivity contribution >= 4 is 17.6 Å². The number of nitrogens with zero attached hydrogens (tertiary/aromatic N) is 6. The number of nitrogens with two attached hydrogens (primary N) is 1. The van der Waals surface area contributed by atoms with Crippen LogP contribution in [0, 0.1) is 0 Å². The summed E-state index contributed by atoms with van der Waals surface area (Å²) >= 11 is 0. The molecule has 114 valence electrons. The minimum Gasteiger partial charge on any atom is -0.409 e. The maximum atomic E-state index is 8.65. The molecule has 1 aliphatic rings. The van der Waals surface area contributed by atoms with Gasteiger partial charge in [-0.25, -0.2) is 15.0 Å². The first-order valence-corrected chi connectivity index (χ1v) is 6.99. The summed E-state index contributed by atoms with van der Waals surface area (Å²) in [6.07, 6.45) is 5.11. The Balaban J connectivity index is 1.64. The number of piperazine rings is 1. The molecule has 1 saturated heterocycles. The molecule has 0 amide bonds. The van der Waals surface area contributed by atoms with Gasteiger partial charge in [0, 0.05) is 50.3 Å². The number of oxime groups is 1. The Morgan fingerprint density at radius 1 is 1.05 bits per heavy atom. The van der Waals surface area contributed by atoms with Crippen molar-refractivity contribution in [2.75, 3.05) is 36.0 Å². The van der Waals surface area contributed by atoms with Gasteiger partial charge in [0.05, 0.1) is 0 Å². The summed E-state index contributed by atoms with van der Waals surface area (Å²) in [7, 11) is 0. The van der Waals surface area contributed by atoms with E-state index in [0.717, 1.165) is 37.9 Å². The highest BCUT2D eigenvalue weighted by Gasteiger charge is 2.19. The van der Waals surface area contributed by atoms with Crippen LogP contribution in [0.5, 0.6) is 0 Å². The highest BCUT2D eigenvalue weighted by Crippen LogP contribution is 2.16. The highest BCUT2D eigenvalue weighted by atomic mass is 16.4. The third-order valence-electron chi connectivity index (χ3n) is 3.59. The number of anilines is 2. The summed E-state index contributed by atoms with van der Waals surface area (Å²) in [5, 5.41) is 11.6. The summed E-state index contributed by atoms with van der Waals surface area (Å²) in [6.45, 7) is 3.36. The van der Waals surface area contributed by atoms with Crippen molar-refractivity contribution in [3.8, 4) is 0 Å². The van der Waals surface area contributed by atoms with Crippen molar-refractivity contribution in [1.29, 1.82) is 0 Å². The van der Waals surface area contributed by atoms with Crippen LogP contribution >= 0.6 is 0 Å². The summed E-state index contributed by atoms with van der Waals surface area (Å²) in [5.41, 5.74) is 6.13.